The number of quaternary nitrogens is 1. The minimum absolute atomic E-state index is 0.0404. The van der Waals surface area contributed by atoms with Crippen molar-refractivity contribution in [1.29, 1.82) is 0 Å². The van der Waals surface area contributed by atoms with Crippen LogP contribution < -0.4 is 4.89 Å². The summed E-state index contributed by atoms with van der Waals surface area (Å²) >= 11 is 0. The first-order valence-corrected chi connectivity index (χ1v) is 22.5. The minimum atomic E-state index is -4.63. The van der Waals surface area contributed by atoms with Gasteiger partial charge in [0.25, 0.3) is 7.82 Å². The number of hydrogen-bond donors (Lipinski definition) is 0. The molecule has 1 unspecified atom stereocenters. The molecule has 0 aromatic rings. The third-order valence-electron chi connectivity index (χ3n) is 8.51. The van der Waals surface area contributed by atoms with E-state index in [0.717, 1.165) is 77.0 Å². The summed E-state index contributed by atoms with van der Waals surface area (Å²) in [5.74, 6) is -0.888. The van der Waals surface area contributed by atoms with Gasteiger partial charge in [-0.2, -0.15) is 0 Å². The van der Waals surface area contributed by atoms with Crippen LogP contribution in [0.3, 0.4) is 0 Å². The lowest BCUT2D eigenvalue weighted by Gasteiger charge is -2.28. The number of carbonyl (C=O) groups excluding carboxylic acids is 2. The first-order valence-electron chi connectivity index (χ1n) is 21.0. The molecule has 0 aromatic heterocycles. The zero-order valence-corrected chi connectivity index (χ0v) is 35.8. The Morgan fingerprint density at radius 3 is 1.57 bits per heavy atom. The maximum atomic E-state index is 12.6. The minimum Gasteiger partial charge on any atom is -0.756 e. The summed E-state index contributed by atoms with van der Waals surface area (Å²) in [4.78, 5) is 37.4. The van der Waals surface area contributed by atoms with E-state index in [4.69, 9.17) is 18.5 Å². The maximum Gasteiger partial charge on any atom is 0.306 e. The molecule has 54 heavy (non-hydrogen) atoms. The van der Waals surface area contributed by atoms with Gasteiger partial charge in [-0.3, -0.25) is 14.2 Å². The third-order valence-corrected chi connectivity index (χ3v) is 9.47. The largest absolute Gasteiger partial charge is 0.756 e. The molecular formula is C44H78NO8P. The lowest BCUT2D eigenvalue weighted by molar-refractivity contribution is -0.870. The summed E-state index contributed by atoms with van der Waals surface area (Å²) in [5, 5.41) is 0. The smallest absolute Gasteiger partial charge is 0.306 e. The van der Waals surface area contributed by atoms with Crippen molar-refractivity contribution >= 4 is 19.8 Å². The van der Waals surface area contributed by atoms with Crippen molar-refractivity contribution in [3.63, 3.8) is 0 Å². The fraction of sp³-hybridized carbons (Fsp3) is 0.727. The van der Waals surface area contributed by atoms with E-state index in [9.17, 15) is 19.0 Å². The van der Waals surface area contributed by atoms with Crippen molar-refractivity contribution in [2.24, 2.45) is 0 Å². The van der Waals surface area contributed by atoms with E-state index in [1.54, 1.807) is 0 Å². The van der Waals surface area contributed by atoms with E-state index in [0.29, 0.717) is 23.9 Å². The average Bonchev–Trinajstić information content (AvgIpc) is 3.12. The van der Waals surface area contributed by atoms with Crippen LogP contribution in [0.5, 0.6) is 0 Å². The van der Waals surface area contributed by atoms with E-state index >= 15 is 0 Å². The molecule has 0 amide bonds. The molecule has 312 valence electrons. The van der Waals surface area contributed by atoms with E-state index in [-0.39, 0.29) is 26.1 Å². The lowest BCUT2D eigenvalue weighted by Crippen LogP contribution is -2.37. The summed E-state index contributed by atoms with van der Waals surface area (Å²) in [6.07, 6.45) is 42.5. The molecule has 0 saturated heterocycles. The van der Waals surface area contributed by atoms with Crippen molar-refractivity contribution < 1.29 is 42.1 Å². The molecular weight excluding hydrogens is 701 g/mol. The number of phosphoric acid groups is 1. The van der Waals surface area contributed by atoms with Gasteiger partial charge < -0.3 is 27.9 Å². The monoisotopic (exact) mass is 780 g/mol. The molecule has 0 fully saturated rings. The molecule has 0 aliphatic rings. The first kappa shape index (κ1) is 51.7. The number of nitrogens with zero attached hydrogens (tertiary/aromatic N) is 1. The Kier molecular flexibility index (Phi) is 34.8. The second-order valence-corrected chi connectivity index (χ2v) is 16.4. The van der Waals surface area contributed by atoms with Crippen LogP contribution in [0.4, 0.5) is 0 Å². The Morgan fingerprint density at radius 2 is 1.02 bits per heavy atom. The summed E-state index contributed by atoms with van der Waals surface area (Å²) in [7, 11) is 1.13. The summed E-state index contributed by atoms with van der Waals surface area (Å²) < 4.78 is 33.8. The number of unbranched alkanes of at least 4 members (excludes halogenated alkanes) is 13. The quantitative estimate of drug-likeness (QED) is 0.0201. The van der Waals surface area contributed by atoms with Crippen LogP contribution in [-0.2, 0) is 32.7 Å². The van der Waals surface area contributed by atoms with Gasteiger partial charge in [-0.15, -0.1) is 0 Å². The predicted octanol–water partition coefficient (Wildman–Crippen LogP) is 11.1. The Bertz CT molecular complexity index is 1110. The third kappa shape index (κ3) is 39.4. The van der Waals surface area contributed by atoms with Gasteiger partial charge in [-0.25, -0.2) is 0 Å². The molecule has 0 radical (unpaired) electrons. The summed E-state index contributed by atoms with van der Waals surface area (Å²) in [5.41, 5.74) is 0. The fourth-order valence-corrected chi connectivity index (χ4v) is 5.87. The fourth-order valence-electron chi connectivity index (χ4n) is 5.15. The van der Waals surface area contributed by atoms with Crippen molar-refractivity contribution in [1.82, 2.24) is 0 Å². The number of ether oxygens (including phenoxy) is 2. The molecule has 0 saturated carbocycles. The molecule has 2 atom stereocenters. The Labute approximate surface area is 330 Å². The van der Waals surface area contributed by atoms with Gasteiger partial charge in [0.05, 0.1) is 27.7 Å². The average molecular weight is 780 g/mol. The molecule has 0 bridgehead atoms. The lowest BCUT2D eigenvalue weighted by atomic mass is 10.1. The Hall–Kier alpha value is -2.29. The van der Waals surface area contributed by atoms with E-state index in [1.807, 2.05) is 21.1 Å². The van der Waals surface area contributed by atoms with Crippen LogP contribution in [0.15, 0.2) is 60.8 Å². The predicted molar refractivity (Wildman–Crippen MR) is 222 cm³/mol. The number of likely N-dealkylation sites (N-methyl/N-ethyl adjacent to an activating group) is 1. The van der Waals surface area contributed by atoms with Crippen LogP contribution in [-0.4, -0.2) is 70.0 Å². The SMILES string of the molecule is CCCC/C=C/CCCCCCCC(=O)O[C@@H](COC(=O)CCCCC/C=C/C/C=C/C/C=C/C/C=C/CCCCC)COP(=O)([O-])OCC[N+](C)(C)C. The van der Waals surface area contributed by atoms with Crippen LogP contribution in [0.2, 0.25) is 0 Å². The van der Waals surface area contributed by atoms with Crippen LogP contribution in [0.1, 0.15) is 155 Å². The number of rotatable bonds is 37. The van der Waals surface area contributed by atoms with Crippen LogP contribution in [0, 0.1) is 0 Å². The number of hydrogen-bond acceptors (Lipinski definition) is 8. The summed E-state index contributed by atoms with van der Waals surface area (Å²) in [6.45, 7) is 4.09. The molecule has 0 aromatic carbocycles. The Balaban J connectivity index is 4.43. The van der Waals surface area contributed by atoms with Crippen molar-refractivity contribution in [2.75, 3.05) is 47.5 Å². The molecule has 0 aliphatic carbocycles. The second kappa shape index (κ2) is 36.4. The van der Waals surface area contributed by atoms with Gasteiger partial charge in [-0.1, -0.05) is 126 Å². The van der Waals surface area contributed by atoms with E-state index in [1.165, 1.54) is 38.5 Å². The molecule has 0 heterocycles. The standard InChI is InChI=1S/C44H78NO8P/c1-6-8-10-12-14-16-18-19-20-21-22-23-24-25-27-28-30-32-34-36-43(46)50-40-42(41-52-54(48,49)51-39-38-45(3,4)5)53-44(47)37-35-33-31-29-26-17-15-13-11-9-7-2/h13-16,19-20,22-23,25,27,42H,6-12,17-18,21,24,26,28-41H2,1-5H3/b15-13+,16-14+,20-19+,23-22+,27-25+/t42-/m0/s1. The van der Waals surface area contributed by atoms with Gasteiger partial charge in [0.2, 0.25) is 0 Å². The number of carbonyl (C=O) groups is 2. The zero-order valence-electron chi connectivity index (χ0n) is 34.9. The van der Waals surface area contributed by atoms with Crippen molar-refractivity contribution in [3.05, 3.63) is 60.8 Å². The highest BCUT2D eigenvalue weighted by atomic mass is 31.2. The highest BCUT2D eigenvalue weighted by Crippen LogP contribution is 2.38. The molecule has 10 heteroatoms. The van der Waals surface area contributed by atoms with Gasteiger partial charge >= 0.3 is 11.9 Å². The van der Waals surface area contributed by atoms with Gasteiger partial charge in [0.15, 0.2) is 6.10 Å². The maximum absolute atomic E-state index is 12.6. The second-order valence-electron chi connectivity index (χ2n) is 15.0. The van der Waals surface area contributed by atoms with E-state index < -0.39 is 32.5 Å². The first-order chi connectivity index (χ1) is 26.0. The van der Waals surface area contributed by atoms with Gasteiger partial charge in [0, 0.05) is 12.8 Å². The zero-order chi connectivity index (χ0) is 40.0. The highest BCUT2D eigenvalue weighted by molar-refractivity contribution is 7.45. The molecule has 9 nitrogen and oxygen atoms in total. The van der Waals surface area contributed by atoms with Crippen LogP contribution in [0.25, 0.3) is 0 Å². The van der Waals surface area contributed by atoms with Crippen molar-refractivity contribution in [2.45, 2.75) is 161 Å². The normalized spacial score (nSPS) is 14.3. The van der Waals surface area contributed by atoms with Gasteiger partial charge in [0.1, 0.15) is 19.8 Å². The molecule has 0 aliphatic heterocycles. The van der Waals surface area contributed by atoms with Crippen LogP contribution >= 0.6 is 7.82 Å². The number of esters is 2. The number of allylic oxidation sites excluding steroid dienone is 10. The topological polar surface area (TPSA) is 111 Å². The summed E-state index contributed by atoms with van der Waals surface area (Å²) in [6, 6.07) is 0. The molecule has 0 N–H and O–H groups in total. The molecule has 0 spiro atoms. The molecule has 0 rings (SSSR count). The Morgan fingerprint density at radius 1 is 0.574 bits per heavy atom. The number of phosphoric ester groups is 1. The van der Waals surface area contributed by atoms with Gasteiger partial charge in [-0.05, 0) is 77.0 Å². The van der Waals surface area contributed by atoms with E-state index in [2.05, 4.69) is 74.6 Å². The van der Waals surface area contributed by atoms with Crippen molar-refractivity contribution in [3.8, 4) is 0 Å². The highest BCUT2D eigenvalue weighted by Gasteiger charge is 2.21.